The van der Waals surface area contributed by atoms with Crippen LogP contribution in [0.15, 0.2) is 24.3 Å². The number of amides is 1. The molecule has 0 radical (unpaired) electrons. The molecule has 1 amide bonds. The van der Waals surface area contributed by atoms with Crippen molar-refractivity contribution in [3.8, 4) is 0 Å². The molecule has 0 aromatic heterocycles. The molecule has 1 aromatic rings. The molecule has 0 saturated carbocycles. The zero-order valence-electron chi connectivity index (χ0n) is 6.73. The minimum atomic E-state index is -0.605. The van der Waals surface area contributed by atoms with Gasteiger partial charge < -0.3 is 16.1 Å². The molecule has 0 spiro atoms. The van der Waals surface area contributed by atoms with Crippen LogP contribution in [0.25, 0.3) is 0 Å². The quantitative estimate of drug-likeness (QED) is 0.590. The molecule has 13 heavy (non-hydrogen) atoms. The SMILES string of the molecule is NC1NN([O-])C(=O)c2ccccc21. The number of hydrogen-bond acceptors (Lipinski definition) is 4. The number of hydrazine groups is 1. The first-order valence-corrected chi connectivity index (χ1v) is 3.82. The molecule has 68 valence electrons. The molecule has 5 heteroatoms. The summed E-state index contributed by atoms with van der Waals surface area (Å²) in [5.41, 5.74) is 8.90. The van der Waals surface area contributed by atoms with Gasteiger partial charge in [-0.05, 0) is 11.6 Å². The van der Waals surface area contributed by atoms with Gasteiger partial charge in [0.15, 0.2) is 0 Å². The van der Waals surface area contributed by atoms with Crippen LogP contribution in [0.2, 0.25) is 0 Å². The third-order valence-electron chi connectivity index (χ3n) is 1.97. The van der Waals surface area contributed by atoms with Crippen LogP contribution in [-0.4, -0.2) is 11.1 Å². The Morgan fingerprint density at radius 1 is 1.46 bits per heavy atom. The van der Waals surface area contributed by atoms with Gasteiger partial charge in [0.25, 0.3) is 5.91 Å². The number of nitrogens with zero attached hydrogens (tertiary/aromatic N) is 1. The second-order valence-electron chi connectivity index (χ2n) is 2.79. The van der Waals surface area contributed by atoms with Crippen LogP contribution in [0.4, 0.5) is 0 Å². The molecule has 0 aliphatic carbocycles. The van der Waals surface area contributed by atoms with E-state index in [2.05, 4.69) is 5.43 Å². The Bertz CT molecular complexity index is 353. The van der Waals surface area contributed by atoms with E-state index in [4.69, 9.17) is 5.73 Å². The molecule has 1 heterocycles. The van der Waals surface area contributed by atoms with Crippen molar-refractivity contribution in [3.05, 3.63) is 40.6 Å². The van der Waals surface area contributed by atoms with Gasteiger partial charge in [0.1, 0.15) is 0 Å². The largest absolute Gasteiger partial charge is 0.741 e. The summed E-state index contributed by atoms with van der Waals surface area (Å²) in [6.45, 7) is 0. The number of nitrogens with one attached hydrogen (secondary N) is 1. The molecule has 1 aliphatic heterocycles. The molecular formula is C8H8N3O2-. The van der Waals surface area contributed by atoms with Gasteiger partial charge in [0.2, 0.25) is 0 Å². The average Bonchev–Trinajstić information content (AvgIpc) is 2.15. The van der Waals surface area contributed by atoms with Crippen molar-refractivity contribution < 1.29 is 4.79 Å². The maximum atomic E-state index is 11.3. The summed E-state index contributed by atoms with van der Waals surface area (Å²) >= 11 is 0. The first-order valence-electron chi connectivity index (χ1n) is 3.82. The summed E-state index contributed by atoms with van der Waals surface area (Å²) in [6.07, 6.45) is -0.605. The molecule has 5 nitrogen and oxygen atoms in total. The summed E-state index contributed by atoms with van der Waals surface area (Å²) in [4.78, 5) is 11.3. The van der Waals surface area contributed by atoms with Crippen LogP contribution >= 0.6 is 0 Å². The number of carbonyl (C=O) groups excluding carboxylic acids is 1. The highest BCUT2D eigenvalue weighted by Gasteiger charge is 2.23. The molecule has 1 atom stereocenters. The predicted molar refractivity (Wildman–Crippen MR) is 46.0 cm³/mol. The summed E-state index contributed by atoms with van der Waals surface area (Å²) in [7, 11) is 0. The lowest BCUT2D eigenvalue weighted by molar-refractivity contribution is 0.0696. The molecule has 0 saturated heterocycles. The zero-order chi connectivity index (χ0) is 9.42. The Morgan fingerprint density at radius 2 is 2.15 bits per heavy atom. The molecule has 3 N–H and O–H groups in total. The van der Waals surface area contributed by atoms with Gasteiger partial charge >= 0.3 is 0 Å². The lowest BCUT2D eigenvalue weighted by atomic mass is 10.0. The minimum absolute atomic E-state index is 0.160. The Kier molecular flexibility index (Phi) is 1.77. The Hall–Kier alpha value is -1.43. The van der Waals surface area contributed by atoms with Crippen LogP contribution in [0, 0.1) is 5.21 Å². The molecule has 0 bridgehead atoms. The maximum Gasteiger partial charge on any atom is 0.258 e. The number of benzene rings is 1. The second-order valence-corrected chi connectivity index (χ2v) is 2.79. The van der Waals surface area contributed by atoms with Crippen molar-refractivity contribution in [2.45, 2.75) is 6.17 Å². The maximum absolute atomic E-state index is 11.3. The number of nitrogens with two attached hydrogens (primary N) is 1. The van der Waals surface area contributed by atoms with Crippen molar-refractivity contribution in [1.29, 1.82) is 0 Å². The van der Waals surface area contributed by atoms with Crippen LogP contribution in [0.5, 0.6) is 0 Å². The number of hydroxylamine groups is 1. The van der Waals surface area contributed by atoms with Gasteiger partial charge in [-0.3, -0.25) is 4.79 Å². The van der Waals surface area contributed by atoms with Crippen molar-refractivity contribution in [2.24, 2.45) is 5.73 Å². The van der Waals surface area contributed by atoms with E-state index in [1.165, 1.54) is 0 Å². The Morgan fingerprint density at radius 3 is 2.92 bits per heavy atom. The standard InChI is InChI=1S/C8H8N3O2/c9-7-5-3-1-2-4-6(5)8(12)11(13)10-7/h1-4,7,10H,9H2/q-1. The lowest BCUT2D eigenvalue weighted by Crippen LogP contribution is -2.48. The first kappa shape index (κ1) is 8.18. The molecular weight excluding hydrogens is 170 g/mol. The van der Waals surface area contributed by atoms with Gasteiger partial charge in [-0.2, -0.15) is 0 Å². The van der Waals surface area contributed by atoms with Crippen molar-refractivity contribution >= 4 is 5.91 Å². The fourth-order valence-corrected chi connectivity index (χ4v) is 1.33. The highest BCUT2D eigenvalue weighted by molar-refractivity contribution is 5.96. The van der Waals surface area contributed by atoms with E-state index in [0.717, 1.165) is 0 Å². The second kappa shape index (κ2) is 2.81. The van der Waals surface area contributed by atoms with E-state index >= 15 is 0 Å². The fraction of sp³-hybridized carbons (Fsp3) is 0.125. The molecule has 1 unspecified atom stereocenters. The van der Waals surface area contributed by atoms with E-state index in [1.807, 2.05) is 0 Å². The zero-order valence-corrected chi connectivity index (χ0v) is 6.73. The summed E-state index contributed by atoms with van der Waals surface area (Å²) in [5.74, 6) is -0.600. The van der Waals surface area contributed by atoms with Crippen LogP contribution < -0.4 is 11.2 Å². The topological polar surface area (TPSA) is 81.4 Å². The number of fused-ring (bicyclic) bond motifs is 1. The number of hydrogen-bond donors (Lipinski definition) is 2. The van der Waals surface area contributed by atoms with Crippen molar-refractivity contribution in [1.82, 2.24) is 10.6 Å². The van der Waals surface area contributed by atoms with Gasteiger partial charge in [-0.25, -0.2) is 5.43 Å². The molecule has 1 aliphatic rings. The van der Waals surface area contributed by atoms with Gasteiger partial charge in [-0.1, -0.05) is 18.2 Å². The molecule has 1 aromatic carbocycles. The van der Waals surface area contributed by atoms with Gasteiger partial charge in [0.05, 0.1) is 6.17 Å². The normalized spacial score (nSPS) is 21.5. The van der Waals surface area contributed by atoms with E-state index in [9.17, 15) is 10.0 Å². The third kappa shape index (κ3) is 1.19. The van der Waals surface area contributed by atoms with Crippen molar-refractivity contribution in [2.75, 3.05) is 0 Å². The molecule has 0 fully saturated rings. The summed E-state index contributed by atoms with van der Waals surface area (Å²) < 4.78 is 0. The van der Waals surface area contributed by atoms with E-state index in [0.29, 0.717) is 11.1 Å². The Labute approximate surface area is 74.7 Å². The van der Waals surface area contributed by atoms with E-state index in [1.54, 1.807) is 24.3 Å². The number of rotatable bonds is 0. The first-order chi connectivity index (χ1) is 6.20. The van der Waals surface area contributed by atoms with Crippen molar-refractivity contribution in [3.63, 3.8) is 0 Å². The smallest absolute Gasteiger partial charge is 0.258 e. The number of carbonyl (C=O) groups is 1. The van der Waals surface area contributed by atoms with Crippen LogP contribution in [0.3, 0.4) is 0 Å². The third-order valence-corrected chi connectivity index (χ3v) is 1.97. The van der Waals surface area contributed by atoms with Gasteiger partial charge in [-0.15, -0.1) is 0 Å². The highest BCUT2D eigenvalue weighted by Crippen LogP contribution is 2.20. The molecule has 2 rings (SSSR count). The van der Waals surface area contributed by atoms with Crippen LogP contribution in [-0.2, 0) is 0 Å². The van der Waals surface area contributed by atoms with E-state index in [-0.39, 0.29) is 5.17 Å². The summed E-state index contributed by atoms with van der Waals surface area (Å²) in [5, 5.41) is 11.1. The van der Waals surface area contributed by atoms with E-state index < -0.39 is 12.1 Å². The monoisotopic (exact) mass is 178 g/mol. The Balaban J connectivity index is 2.54. The average molecular weight is 178 g/mol. The van der Waals surface area contributed by atoms with Gasteiger partial charge in [0, 0.05) is 5.56 Å². The fourth-order valence-electron chi connectivity index (χ4n) is 1.33. The minimum Gasteiger partial charge on any atom is -0.741 e. The highest BCUT2D eigenvalue weighted by atomic mass is 16.6. The van der Waals surface area contributed by atoms with Crippen LogP contribution in [0.1, 0.15) is 22.1 Å². The lowest BCUT2D eigenvalue weighted by Gasteiger charge is -2.37. The predicted octanol–water partition coefficient (Wildman–Crippen LogP) is 0.102. The summed E-state index contributed by atoms with van der Waals surface area (Å²) in [6, 6.07) is 6.78.